The van der Waals surface area contributed by atoms with Gasteiger partial charge in [-0.15, -0.1) is 0 Å². The number of methoxy groups -OCH3 is 2. The highest BCUT2D eigenvalue weighted by molar-refractivity contribution is 5.87. The Labute approximate surface area is 301 Å². The molecule has 3 aromatic rings. The van der Waals surface area contributed by atoms with E-state index in [1.54, 1.807) is 12.4 Å². The molecule has 1 aromatic heterocycles. The van der Waals surface area contributed by atoms with Crippen molar-refractivity contribution in [1.82, 2.24) is 26.3 Å². The summed E-state index contributed by atoms with van der Waals surface area (Å²) in [4.78, 5) is 56.1. The van der Waals surface area contributed by atoms with E-state index in [1.807, 2.05) is 108 Å². The number of carbonyl (C=O) groups is 4. The summed E-state index contributed by atoms with van der Waals surface area (Å²) in [5.74, 6) is -0.938. The van der Waals surface area contributed by atoms with Gasteiger partial charge in [-0.05, 0) is 64.5 Å². The number of hydrogen-bond donors (Lipinski definition) is 5. The van der Waals surface area contributed by atoms with E-state index in [9.17, 15) is 24.3 Å². The van der Waals surface area contributed by atoms with E-state index in [4.69, 9.17) is 9.47 Å². The van der Waals surface area contributed by atoms with Crippen LogP contribution in [0.2, 0.25) is 0 Å². The molecule has 0 saturated heterocycles. The first kappa shape index (κ1) is 40.5. The van der Waals surface area contributed by atoms with Gasteiger partial charge in [0.1, 0.15) is 12.1 Å². The van der Waals surface area contributed by atoms with Crippen LogP contribution < -0.4 is 21.3 Å². The first-order valence-corrected chi connectivity index (χ1v) is 17.0. The zero-order valence-electron chi connectivity index (χ0n) is 30.9. The van der Waals surface area contributed by atoms with Gasteiger partial charge in [0.2, 0.25) is 11.8 Å². The fourth-order valence-corrected chi connectivity index (χ4v) is 5.72. The highest BCUT2D eigenvalue weighted by Gasteiger charge is 2.37. The number of aliphatic hydroxyl groups excluding tert-OH is 1. The summed E-state index contributed by atoms with van der Waals surface area (Å²) in [6.45, 7) is 10.9. The third kappa shape index (κ3) is 12.7. The highest BCUT2D eigenvalue weighted by Crippen LogP contribution is 2.24. The molecule has 0 spiro atoms. The summed E-state index contributed by atoms with van der Waals surface area (Å²) in [7, 11) is 2.45. The molecule has 1 heterocycles. The standard InChI is InChI=1S/C39H53N5O7/c1-38(2,3)32(43-36(48)50-7)34(46)41-29(22-25-12-10-9-11-13-25)24-31(45)30(42-35(47)33(39(4,5)6)44-37(49)51-8)23-26-14-16-27(17-15-26)28-18-20-40-21-19-28/h9-21,29-33,45H,22-24H2,1-8H3,(H,41,46)(H,42,47)(H,43,48)(H,44,49)/t29-,30-,31-,32+,33+/m0/s1. The SMILES string of the molecule is COC(=O)N[C@H](C(=O)N[C@@H](Cc1ccccc1)C[C@H](O)[C@H](Cc1ccc(-c2ccncc2)cc1)NC(=O)[C@@H](NC(=O)OC)C(C)(C)C)C(C)(C)C. The third-order valence-corrected chi connectivity index (χ3v) is 8.56. The summed E-state index contributed by atoms with van der Waals surface area (Å²) >= 11 is 0. The van der Waals surface area contributed by atoms with Crippen molar-refractivity contribution in [3.63, 3.8) is 0 Å². The number of nitrogens with one attached hydrogen (secondary N) is 4. The van der Waals surface area contributed by atoms with Gasteiger partial charge < -0.3 is 35.8 Å². The molecule has 0 fully saturated rings. The van der Waals surface area contributed by atoms with Gasteiger partial charge in [0.25, 0.3) is 0 Å². The van der Waals surface area contributed by atoms with Gasteiger partial charge in [-0.1, -0.05) is 96.1 Å². The average molecular weight is 704 g/mol. The van der Waals surface area contributed by atoms with Crippen LogP contribution in [0.5, 0.6) is 0 Å². The summed E-state index contributed by atoms with van der Waals surface area (Å²) < 4.78 is 9.56. The van der Waals surface area contributed by atoms with Gasteiger partial charge in [0.05, 0.1) is 26.4 Å². The minimum Gasteiger partial charge on any atom is -0.453 e. The molecule has 0 aliphatic heterocycles. The molecule has 5 atom stereocenters. The summed E-state index contributed by atoms with van der Waals surface area (Å²) in [5, 5.41) is 23.2. The van der Waals surface area contributed by atoms with E-state index >= 15 is 0 Å². The maximum absolute atomic E-state index is 13.9. The number of hydrogen-bond acceptors (Lipinski definition) is 8. The van der Waals surface area contributed by atoms with E-state index in [1.165, 1.54) is 14.2 Å². The number of alkyl carbamates (subject to hydrolysis) is 2. The van der Waals surface area contributed by atoms with Crippen LogP contribution in [0, 0.1) is 10.8 Å². The molecule has 51 heavy (non-hydrogen) atoms. The monoisotopic (exact) mass is 703 g/mol. The number of benzene rings is 2. The Balaban J connectivity index is 1.96. The van der Waals surface area contributed by atoms with Crippen molar-refractivity contribution in [3.05, 3.63) is 90.3 Å². The molecular weight excluding hydrogens is 650 g/mol. The average Bonchev–Trinajstić information content (AvgIpc) is 3.08. The largest absolute Gasteiger partial charge is 0.453 e. The molecule has 12 heteroatoms. The van der Waals surface area contributed by atoms with Crippen molar-refractivity contribution in [2.45, 2.75) is 91.1 Å². The number of nitrogens with zero attached hydrogens (tertiary/aromatic N) is 1. The fraction of sp³-hybridized carbons (Fsp3) is 0.462. The van der Waals surface area contributed by atoms with Crippen LogP contribution in [0.1, 0.15) is 59.1 Å². The highest BCUT2D eigenvalue weighted by atomic mass is 16.5. The van der Waals surface area contributed by atoms with E-state index in [0.29, 0.717) is 6.42 Å². The molecule has 3 rings (SSSR count). The van der Waals surface area contributed by atoms with Crippen LogP contribution in [0.3, 0.4) is 0 Å². The Morgan fingerprint density at radius 1 is 0.647 bits per heavy atom. The molecule has 276 valence electrons. The Morgan fingerprint density at radius 3 is 1.61 bits per heavy atom. The summed E-state index contributed by atoms with van der Waals surface area (Å²) in [5.41, 5.74) is 2.39. The van der Waals surface area contributed by atoms with Crippen molar-refractivity contribution >= 4 is 24.0 Å². The lowest BCUT2D eigenvalue weighted by molar-refractivity contribution is -0.128. The minimum absolute atomic E-state index is 0.0559. The molecule has 4 amide bonds. The Morgan fingerprint density at radius 2 is 1.12 bits per heavy atom. The van der Waals surface area contributed by atoms with Crippen LogP contribution in [0.25, 0.3) is 11.1 Å². The quantitative estimate of drug-likeness (QED) is 0.160. The van der Waals surface area contributed by atoms with Crippen LogP contribution in [-0.4, -0.2) is 78.6 Å². The Hall–Kier alpha value is -4.97. The van der Waals surface area contributed by atoms with E-state index in [0.717, 1.165) is 22.3 Å². The Kier molecular flexibility index (Phi) is 14.5. The first-order valence-electron chi connectivity index (χ1n) is 17.0. The molecule has 12 nitrogen and oxygen atoms in total. The molecule has 0 bridgehead atoms. The zero-order valence-corrected chi connectivity index (χ0v) is 30.9. The normalized spacial score (nSPS) is 14.5. The van der Waals surface area contributed by atoms with Crippen LogP contribution >= 0.6 is 0 Å². The second-order valence-corrected chi connectivity index (χ2v) is 14.8. The number of pyridine rings is 1. The van der Waals surface area contributed by atoms with Crippen molar-refractivity contribution in [3.8, 4) is 11.1 Å². The van der Waals surface area contributed by atoms with Crippen molar-refractivity contribution in [2.75, 3.05) is 14.2 Å². The zero-order chi connectivity index (χ0) is 37.8. The molecule has 5 N–H and O–H groups in total. The number of aromatic nitrogens is 1. The smallest absolute Gasteiger partial charge is 0.407 e. The van der Waals surface area contributed by atoms with Crippen LogP contribution in [-0.2, 0) is 31.9 Å². The fourth-order valence-electron chi connectivity index (χ4n) is 5.72. The predicted molar refractivity (Wildman–Crippen MR) is 196 cm³/mol. The van der Waals surface area contributed by atoms with E-state index < -0.39 is 65.1 Å². The van der Waals surface area contributed by atoms with Gasteiger partial charge in [0.15, 0.2) is 0 Å². The molecule has 0 saturated carbocycles. The summed E-state index contributed by atoms with van der Waals surface area (Å²) in [6.07, 6.45) is 1.47. The van der Waals surface area contributed by atoms with Gasteiger partial charge in [-0.3, -0.25) is 14.6 Å². The maximum Gasteiger partial charge on any atom is 0.407 e. The number of aliphatic hydroxyl groups is 1. The number of ether oxygens (including phenoxy) is 2. The van der Waals surface area contributed by atoms with Gasteiger partial charge in [-0.2, -0.15) is 0 Å². The summed E-state index contributed by atoms with van der Waals surface area (Å²) in [6, 6.07) is 17.8. The topological polar surface area (TPSA) is 168 Å². The van der Waals surface area contributed by atoms with Crippen molar-refractivity contribution < 1.29 is 33.8 Å². The lowest BCUT2D eigenvalue weighted by Crippen LogP contribution is -2.59. The molecule has 0 aliphatic rings. The molecule has 0 radical (unpaired) electrons. The van der Waals surface area contributed by atoms with Crippen molar-refractivity contribution in [1.29, 1.82) is 0 Å². The van der Waals surface area contributed by atoms with Gasteiger partial charge >= 0.3 is 12.2 Å². The Bertz CT molecular complexity index is 1570. The number of carbonyl (C=O) groups excluding carboxylic acids is 4. The second-order valence-electron chi connectivity index (χ2n) is 14.8. The molecule has 0 unspecified atom stereocenters. The van der Waals surface area contributed by atoms with E-state index in [2.05, 4.69) is 26.3 Å². The number of amides is 4. The van der Waals surface area contributed by atoms with E-state index in [-0.39, 0.29) is 12.8 Å². The lowest BCUT2D eigenvalue weighted by atomic mass is 9.85. The minimum atomic E-state index is -1.15. The second kappa shape index (κ2) is 18.3. The van der Waals surface area contributed by atoms with Crippen molar-refractivity contribution in [2.24, 2.45) is 10.8 Å². The van der Waals surface area contributed by atoms with Gasteiger partial charge in [-0.25, -0.2) is 9.59 Å². The first-order chi connectivity index (χ1) is 24.0. The molecular formula is C39H53N5O7. The van der Waals surface area contributed by atoms with Gasteiger partial charge in [0, 0.05) is 18.4 Å². The van der Waals surface area contributed by atoms with Crippen LogP contribution in [0.4, 0.5) is 9.59 Å². The van der Waals surface area contributed by atoms with Crippen LogP contribution in [0.15, 0.2) is 79.1 Å². The molecule has 2 aromatic carbocycles. The predicted octanol–water partition coefficient (Wildman–Crippen LogP) is 4.80. The molecule has 0 aliphatic carbocycles. The maximum atomic E-state index is 13.9. The third-order valence-electron chi connectivity index (χ3n) is 8.56. The lowest BCUT2D eigenvalue weighted by Gasteiger charge is -2.34. The number of rotatable bonds is 14.